The van der Waals surface area contributed by atoms with Gasteiger partial charge in [-0.2, -0.15) is 0 Å². The third-order valence-corrected chi connectivity index (χ3v) is 2.91. The Labute approximate surface area is 99.6 Å². The van der Waals surface area contributed by atoms with Crippen molar-refractivity contribution in [3.63, 3.8) is 0 Å². The van der Waals surface area contributed by atoms with E-state index in [0.29, 0.717) is 6.42 Å². The van der Waals surface area contributed by atoms with Crippen molar-refractivity contribution in [1.29, 1.82) is 0 Å². The number of carbonyl (C=O) groups excluding carboxylic acids is 1. The van der Waals surface area contributed by atoms with Gasteiger partial charge in [-0.1, -0.05) is 12.1 Å². The summed E-state index contributed by atoms with van der Waals surface area (Å²) in [4.78, 5) is 15.4. The molecule has 90 valence electrons. The molecule has 2 aromatic rings. The summed E-state index contributed by atoms with van der Waals surface area (Å²) in [6.07, 6.45) is 2.98. The first-order chi connectivity index (χ1) is 8.22. The van der Waals surface area contributed by atoms with Crippen LogP contribution in [0.3, 0.4) is 0 Å². The number of carbonyl (C=O) groups is 1. The van der Waals surface area contributed by atoms with Crippen LogP contribution >= 0.6 is 0 Å². The predicted octanol–water partition coefficient (Wildman–Crippen LogP) is 1.37. The maximum Gasteiger partial charge on any atom is 0.233 e. The number of nitrogens with one attached hydrogen (secondary N) is 1. The molecule has 1 heterocycles. The zero-order chi connectivity index (χ0) is 12.3. The molecule has 1 aromatic heterocycles. The summed E-state index contributed by atoms with van der Waals surface area (Å²) in [5.74, 6) is 4.91. The number of hydrogen-bond acceptors (Lipinski definition) is 3. The normalized spacial score (nSPS) is 12.6. The number of rotatable bonds is 4. The minimum atomic E-state index is -0.138. The van der Waals surface area contributed by atoms with E-state index in [2.05, 4.69) is 21.9 Å². The molecule has 5 heteroatoms. The van der Waals surface area contributed by atoms with Crippen LogP contribution in [0.2, 0.25) is 0 Å². The number of para-hydroxylation sites is 2. The molecular weight excluding hydrogens is 216 g/mol. The molecule has 0 saturated heterocycles. The van der Waals surface area contributed by atoms with Crippen molar-refractivity contribution in [1.82, 2.24) is 15.0 Å². The van der Waals surface area contributed by atoms with Crippen LogP contribution in [0.1, 0.15) is 25.8 Å². The quantitative estimate of drug-likeness (QED) is 0.475. The summed E-state index contributed by atoms with van der Waals surface area (Å²) in [5, 5.41) is 0. The summed E-state index contributed by atoms with van der Waals surface area (Å²) in [7, 11) is 0. The third-order valence-electron chi connectivity index (χ3n) is 2.91. The Bertz CT molecular complexity index is 520. The Hall–Kier alpha value is -1.88. The number of imidazole rings is 1. The molecule has 0 saturated carbocycles. The van der Waals surface area contributed by atoms with Crippen molar-refractivity contribution in [3.05, 3.63) is 30.6 Å². The Balaban J connectivity index is 2.13. The highest BCUT2D eigenvalue weighted by molar-refractivity contribution is 5.76. The van der Waals surface area contributed by atoms with Crippen LogP contribution in [0, 0.1) is 0 Å². The molecule has 0 radical (unpaired) electrons. The lowest BCUT2D eigenvalue weighted by Gasteiger charge is -2.13. The van der Waals surface area contributed by atoms with Crippen molar-refractivity contribution in [2.24, 2.45) is 5.84 Å². The monoisotopic (exact) mass is 232 g/mol. The SMILES string of the molecule is CC(CCC(=O)NN)n1cnc2ccccc21. The Morgan fingerprint density at radius 1 is 1.53 bits per heavy atom. The van der Waals surface area contributed by atoms with Gasteiger partial charge in [0.25, 0.3) is 0 Å². The molecule has 0 fully saturated rings. The van der Waals surface area contributed by atoms with Crippen LogP contribution in [0.5, 0.6) is 0 Å². The summed E-state index contributed by atoms with van der Waals surface area (Å²) in [6, 6.07) is 8.18. The molecule has 0 bridgehead atoms. The highest BCUT2D eigenvalue weighted by Gasteiger charge is 2.10. The van der Waals surface area contributed by atoms with E-state index >= 15 is 0 Å². The molecule has 2 rings (SSSR count). The maximum absolute atomic E-state index is 11.1. The number of aromatic nitrogens is 2. The van der Waals surface area contributed by atoms with Crippen LogP contribution in [0.4, 0.5) is 0 Å². The van der Waals surface area contributed by atoms with E-state index in [9.17, 15) is 4.79 Å². The predicted molar refractivity (Wildman–Crippen MR) is 66.0 cm³/mol. The highest BCUT2D eigenvalue weighted by atomic mass is 16.2. The van der Waals surface area contributed by atoms with Gasteiger partial charge in [0.15, 0.2) is 0 Å². The van der Waals surface area contributed by atoms with E-state index in [0.717, 1.165) is 17.5 Å². The molecule has 0 aliphatic heterocycles. The number of benzene rings is 1. The standard InChI is InChI=1S/C12H16N4O/c1-9(6-7-12(17)15-13)16-8-14-10-4-2-3-5-11(10)16/h2-5,8-9H,6-7,13H2,1H3,(H,15,17). The van der Waals surface area contributed by atoms with Crippen LogP contribution in [-0.2, 0) is 4.79 Å². The van der Waals surface area contributed by atoms with Crippen LogP contribution in [0.15, 0.2) is 30.6 Å². The highest BCUT2D eigenvalue weighted by Crippen LogP contribution is 2.20. The minimum absolute atomic E-state index is 0.138. The fraction of sp³-hybridized carbons (Fsp3) is 0.333. The van der Waals surface area contributed by atoms with Gasteiger partial charge in [0.05, 0.1) is 17.4 Å². The smallest absolute Gasteiger partial charge is 0.233 e. The van der Waals surface area contributed by atoms with Gasteiger partial charge in [0.2, 0.25) is 5.91 Å². The fourth-order valence-electron chi connectivity index (χ4n) is 1.88. The van der Waals surface area contributed by atoms with Crippen LogP contribution < -0.4 is 11.3 Å². The fourth-order valence-corrected chi connectivity index (χ4v) is 1.88. The van der Waals surface area contributed by atoms with E-state index in [4.69, 9.17) is 5.84 Å². The topological polar surface area (TPSA) is 72.9 Å². The second-order valence-corrected chi connectivity index (χ2v) is 4.10. The van der Waals surface area contributed by atoms with Gasteiger partial charge in [-0.05, 0) is 25.5 Å². The van der Waals surface area contributed by atoms with Gasteiger partial charge < -0.3 is 4.57 Å². The summed E-state index contributed by atoms with van der Waals surface area (Å²) >= 11 is 0. The number of hydrazine groups is 1. The average Bonchev–Trinajstić information content (AvgIpc) is 2.79. The van der Waals surface area contributed by atoms with E-state index < -0.39 is 0 Å². The van der Waals surface area contributed by atoms with Crippen molar-refractivity contribution in [3.8, 4) is 0 Å². The van der Waals surface area contributed by atoms with Crippen molar-refractivity contribution in [2.45, 2.75) is 25.8 Å². The molecular formula is C12H16N4O. The molecule has 17 heavy (non-hydrogen) atoms. The van der Waals surface area contributed by atoms with E-state index in [1.54, 1.807) is 0 Å². The van der Waals surface area contributed by atoms with Gasteiger partial charge in [-0.25, -0.2) is 10.8 Å². The lowest BCUT2D eigenvalue weighted by molar-refractivity contribution is -0.121. The van der Waals surface area contributed by atoms with Gasteiger partial charge in [0, 0.05) is 12.5 Å². The summed E-state index contributed by atoms with van der Waals surface area (Å²) in [5.41, 5.74) is 4.20. The average molecular weight is 232 g/mol. The van der Waals surface area contributed by atoms with E-state index in [-0.39, 0.29) is 11.9 Å². The number of fused-ring (bicyclic) bond motifs is 1. The summed E-state index contributed by atoms with van der Waals surface area (Å²) in [6.45, 7) is 2.07. The third kappa shape index (κ3) is 2.45. The zero-order valence-corrected chi connectivity index (χ0v) is 9.76. The Morgan fingerprint density at radius 3 is 3.06 bits per heavy atom. The number of hydrogen-bond donors (Lipinski definition) is 2. The van der Waals surface area contributed by atoms with Crippen molar-refractivity contribution in [2.75, 3.05) is 0 Å². The lowest BCUT2D eigenvalue weighted by Crippen LogP contribution is -2.30. The maximum atomic E-state index is 11.1. The first kappa shape index (κ1) is 11.6. The van der Waals surface area contributed by atoms with E-state index in [1.165, 1.54) is 0 Å². The lowest BCUT2D eigenvalue weighted by atomic mass is 10.1. The molecule has 1 aromatic carbocycles. The Morgan fingerprint density at radius 2 is 2.29 bits per heavy atom. The minimum Gasteiger partial charge on any atom is -0.328 e. The molecule has 1 atom stereocenters. The molecule has 0 aliphatic carbocycles. The van der Waals surface area contributed by atoms with Crippen molar-refractivity contribution < 1.29 is 4.79 Å². The summed E-state index contributed by atoms with van der Waals surface area (Å²) < 4.78 is 2.08. The number of amides is 1. The largest absolute Gasteiger partial charge is 0.328 e. The van der Waals surface area contributed by atoms with E-state index in [1.807, 2.05) is 30.6 Å². The van der Waals surface area contributed by atoms with Gasteiger partial charge in [0.1, 0.15) is 0 Å². The van der Waals surface area contributed by atoms with Crippen LogP contribution in [-0.4, -0.2) is 15.5 Å². The second kappa shape index (κ2) is 4.97. The van der Waals surface area contributed by atoms with Gasteiger partial charge >= 0.3 is 0 Å². The number of nitrogens with zero attached hydrogens (tertiary/aromatic N) is 2. The second-order valence-electron chi connectivity index (χ2n) is 4.10. The van der Waals surface area contributed by atoms with Gasteiger partial charge in [-0.3, -0.25) is 10.2 Å². The molecule has 5 nitrogen and oxygen atoms in total. The molecule has 1 unspecified atom stereocenters. The van der Waals surface area contributed by atoms with Gasteiger partial charge in [-0.15, -0.1) is 0 Å². The van der Waals surface area contributed by atoms with Crippen LogP contribution in [0.25, 0.3) is 11.0 Å². The first-order valence-electron chi connectivity index (χ1n) is 5.63. The molecule has 1 amide bonds. The zero-order valence-electron chi connectivity index (χ0n) is 9.76. The number of nitrogens with two attached hydrogens (primary N) is 1. The molecule has 0 spiro atoms. The molecule has 0 aliphatic rings. The first-order valence-corrected chi connectivity index (χ1v) is 5.63. The molecule has 3 N–H and O–H groups in total. The Kier molecular flexibility index (Phi) is 3.39. The van der Waals surface area contributed by atoms with Crippen molar-refractivity contribution >= 4 is 16.9 Å².